The topological polar surface area (TPSA) is 135 Å². The highest BCUT2D eigenvalue weighted by Gasteiger charge is 2.59. The molecule has 1 saturated heterocycles. The molecule has 1 aliphatic rings. The Morgan fingerprint density at radius 3 is 1.93 bits per heavy atom. The lowest BCUT2D eigenvalue weighted by molar-refractivity contribution is -0.349. The lowest BCUT2D eigenvalue weighted by Crippen LogP contribution is -2.68. The van der Waals surface area contributed by atoms with Crippen LogP contribution in [-0.2, 0) is 42.9 Å². The lowest BCUT2D eigenvalue weighted by atomic mass is 9.90. The molecule has 1 N–H and O–H groups in total. The molecule has 0 aromatic rings. The lowest BCUT2D eigenvalue weighted by Gasteiger charge is -2.48. The Labute approximate surface area is 156 Å². The van der Waals surface area contributed by atoms with Crippen molar-refractivity contribution in [3.8, 4) is 12.3 Å². The highest BCUT2D eigenvalue weighted by molar-refractivity contribution is 5.68. The Morgan fingerprint density at radius 2 is 1.48 bits per heavy atom. The van der Waals surface area contributed by atoms with Crippen LogP contribution in [0.4, 0.5) is 0 Å². The summed E-state index contributed by atoms with van der Waals surface area (Å²) in [6.45, 7) is 3.93. The quantitative estimate of drug-likeness (QED) is 0.360. The highest BCUT2D eigenvalue weighted by atomic mass is 16.7. The van der Waals surface area contributed by atoms with Crippen LogP contribution in [-0.4, -0.2) is 65.8 Å². The third kappa shape index (κ3) is 6.23. The van der Waals surface area contributed by atoms with Gasteiger partial charge >= 0.3 is 23.9 Å². The predicted molar refractivity (Wildman–Crippen MR) is 86.6 cm³/mol. The van der Waals surface area contributed by atoms with Crippen LogP contribution in [0.25, 0.3) is 0 Å². The zero-order valence-corrected chi connectivity index (χ0v) is 15.4. The second-order valence-electron chi connectivity index (χ2n) is 5.86. The van der Waals surface area contributed by atoms with Gasteiger partial charge in [-0.1, -0.05) is 0 Å². The molecule has 1 heterocycles. The van der Waals surface area contributed by atoms with Crippen molar-refractivity contribution in [3.63, 3.8) is 0 Å². The summed E-state index contributed by atoms with van der Waals surface area (Å²) in [7, 11) is 0. The van der Waals surface area contributed by atoms with Gasteiger partial charge in [-0.25, -0.2) is 0 Å². The molecule has 5 atom stereocenters. The van der Waals surface area contributed by atoms with Crippen LogP contribution in [0.5, 0.6) is 0 Å². The Kier molecular flexibility index (Phi) is 7.75. The van der Waals surface area contributed by atoms with Crippen molar-refractivity contribution in [1.29, 1.82) is 0 Å². The van der Waals surface area contributed by atoms with Gasteiger partial charge < -0.3 is 28.8 Å². The molecule has 10 heteroatoms. The van der Waals surface area contributed by atoms with E-state index < -0.39 is 67.1 Å². The minimum atomic E-state index is -2.28. The van der Waals surface area contributed by atoms with E-state index in [1.807, 2.05) is 0 Å². The molecule has 0 bridgehead atoms. The van der Waals surface area contributed by atoms with Crippen molar-refractivity contribution in [2.75, 3.05) is 6.61 Å². The summed E-state index contributed by atoms with van der Waals surface area (Å²) < 4.78 is 25.7. The second kappa shape index (κ2) is 9.34. The Morgan fingerprint density at radius 1 is 0.963 bits per heavy atom. The molecule has 1 rings (SSSR count). The van der Waals surface area contributed by atoms with E-state index >= 15 is 0 Å². The van der Waals surface area contributed by atoms with E-state index in [0.717, 1.165) is 27.7 Å². The number of terminal acetylenes is 1. The van der Waals surface area contributed by atoms with Crippen LogP contribution in [0.1, 0.15) is 34.1 Å². The number of carbonyl (C=O) groups excluding carboxylic acids is 4. The first-order valence-electron chi connectivity index (χ1n) is 7.98. The summed E-state index contributed by atoms with van der Waals surface area (Å²) >= 11 is 0. The molecule has 10 nitrogen and oxygen atoms in total. The van der Waals surface area contributed by atoms with Gasteiger partial charge in [0.15, 0.2) is 18.3 Å². The van der Waals surface area contributed by atoms with Crippen LogP contribution in [0.15, 0.2) is 0 Å². The van der Waals surface area contributed by atoms with E-state index in [0.29, 0.717) is 0 Å². The monoisotopic (exact) mass is 386 g/mol. The van der Waals surface area contributed by atoms with E-state index in [1.165, 1.54) is 0 Å². The SMILES string of the molecule is C#CC[C@]1(O)O[C@H](COC(C)=O)[C@H](OC(C)=O)[C@H](OC(C)=O)[C@H]1OC(C)=O. The summed E-state index contributed by atoms with van der Waals surface area (Å²) in [6.07, 6.45) is -0.822. The number of carbonyl (C=O) groups is 4. The summed E-state index contributed by atoms with van der Waals surface area (Å²) in [4.78, 5) is 45.7. The molecule has 0 aromatic carbocycles. The maximum absolute atomic E-state index is 11.6. The molecule has 0 spiro atoms. The predicted octanol–water partition coefficient (Wildman–Crippen LogP) is -0.545. The number of aliphatic hydroxyl groups is 1. The fraction of sp³-hybridized carbons (Fsp3) is 0.647. The first kappa shape index (κ1) is 22.4. The molecule has 0 unspecified atom stereocenters. The average molecular weight is 386 g/mol. The Bertz CT molecular complexity index is 636. The number of rotatable bonds is 6. The van der Waals surface area contributed by atoms with Gasteiger partial charge in [0.2, 0.25) is 5.79 Å². The number of hydrogen-bond donors (Lipinski definition) is 1. The van der Waals surface area contributed by atoms with E-state index in [2.05, 4.69) is 5.92 Å². The maximum atomic E-state index is 11.6. The fourth-order valence-corrected chi connectivity index (χ4v) is 2.65. The summed E-state index contributed by atoms with van der Waals surface area (Å²) in [5.41, 5.74) is 0. The van der Waals surface area contributed by atoms with Crippen LogP contribution >= 0.6 is 0 Å². The van der Waals surface area contributed by atoms with Crippen molar-refractivity contribution in [2.45, 2.75) is 64.3 Å². The van der Waals surface area contributed by atoms with E-state index in [9.17, 15) is 24.3 Å². The first-order valence-corrected chi connectivity index (χ1v) is 7.98. The highest BCUT2D eigenvalue weighted by Crippen LogP contribution is 2.36. The third-order valence-corrected chi connectivity index (χ3v) is 3.49. The second-order valence-corrected chi connectivity index (χ2v) is 5.86. The van der Waals surface area contributed by atoms with Gasteiger partial charge in [0.1, 0.15) is 12.7 Å². The van der Waals surface area contributed by atoms with Crippen molar-refractivity contribution in [3.05, 3.63) is 0 Å². The summed E-state index contributed by atoms with van der Waals surface area (Å²) in [5.74, 6) is -3.15. The molecule has 1 aliphatic heterocycles. The van der Waals surface area contributed by atoms with Gasteiger partial charge in [-0.05, 0) is 0 Å². The Hall–Kier alpha value is -2.64. The molecule has 0 saturated carbocycles. The summed E-state index contributed by atoms with van der Waals surface area (Å²) in [5, 5.41) is 10.8. The van der Waals surface area contributed by atoms with Crippen molar-refractivity contribution in [2.24, 2.45) is 0 Å². The van der Waals surface area contributed by atoms with Gasteiger partial charge in [0.05, 0.1) is 6.42 Å². The number of ether oxygens (including phenoxy) is 5. The Balaban J connectivity index is 3.39. The summed E-state index contributed by atoms with van der Waals surface area (Å²) in [6, 6.07) is 0. The van der Waals surface area contributed by atoms with Crippen LogP contribution < -0.4 is 0 Å². The standard InChI is InChI=1S/C17H22O10/c1-6-7-17(22)16(26-12(5)21)15(25-11(4)20)14(24-10(3)19)13(27-17)8-23-9(2)18/h1,13-16,22H,7-8H2,2-5H3/t13-,14+,15+,16-,17+/m1/s1. The van der Waals surface area contributed by atoms with Gasteiger partial charge in [-0.2, -0.15) is 0 Å². The van der Waals surface area contributed by atoms with Crippen molar-refractivity contribution in [1.82, 2.24) is 0 Å². The smallest absolute Gasteiger partial charge is 0.303 e. The van der Waals surface area contributed by atoms with Gasteiger partial charge in [0, 0.05) is 27.7 Å². The largest absolute Gasteiger partial charge is 0.463 e. The molecule has 0 radical (unpaired) electrons. The molecule has 27 heavy (non-hydrogen) atoms. The van der Waals surface area contributed by atoms with Gasteiger partial charge in [-0.15, -0.1) is 12.3 Å². The van der Waals surface area contributed by atoms with Crippen LogP contribution in [0.2, 0.25) is 0 Å². The molecule has 0 amide bonds. The minimum Gasteiger partial charge on any atom is -0.463 e. The fourth-order valence-electron chi connectivity index (χ4n) is 2.65. The third-order valence-electron chi connectivity index (χ3n) is 3.49. The van der Waals surface area contributed by atoms with Crippen LogP contribution in [0.3, 0.4) is 0 Å². The van der Waals surface area contributed by atoms with E-state index in [4.69, 9.17) is 30.1 Å². The minimum absolute atomic E-state index is 0.440. The molecule has 0 aromatic heterocycles. The molecular formula is C17H22O10. The zero-order chi connectivity index (χ0) is 20.8. The molecule has 150 valence electrons. The van der Waals surface area contributed by atoms with E-state index in [-0.39, 0.29) is 0 Å². The molecule has 0 aliphatic carbocycles. The average Bonchev–Trinajstić information content (AvgIpc) is 2.51. The number of esters is 4. The number of hydrogen-bond acceptors (Lipinski definition) is 10. The molecule has 1 fully saturated rings. The molecular weight excluding hydrogens is 364 g/mol. The van der Waals surface area contributed by atoms with Crippen molar-refractivity contribution < 1.29 is 48.0 Å². The van der Waals surface area contributed by atoms with Gasteiger partial charge in [0.25, 0.3) is 0 Å². The normalized spacial score (nSPS) is 29.8. The maximum Gasteiger partial charge on any atom is 0.303 e. The van der Waals surface area contributed by atoms with Crippen molar-refractivity contribution >= 4 is 23.9 Å². The van der Waals surface area contributed by atoms with Gasteiger partial charge in [-0.3, -0.25) is 19.2 Å². The van der Waals surface area contributed by atoms with E-state index in [1.54, 1.807) is 0 Å². The van der Waals surface area contributed by atoms with Crippen LogP contribution in [0, 0.1) is 12.3 Å². The first-order chi connectivity index (χ1) is 12.5. The zero-order valence-electron chi connectivity index (χ0n) is 15.4.